The van der Waals surface area contributed by atoms with E-state index in [4.69, 9.17) is 4.74 Å². The van der Waals surface area contributed by atoms with Gasteiger partial charge in [-0.1, -0.05) is 26.0 Å². The van der Waals surface area contributed by atoms with Crippen LogP contribution in [-0.4, -0.2) is 70.8 Å². The molecule has 0 bridgehead atoms. The average molecular weight is 392 g/mol. The molecule has 0 radical (unpaired) electrons. The van der Waals surface area contributed by atoms with Gasteiger partial charge in [-0.05, 0) is 44.1 Å². The summed E-state index contributed by atoms with van der Waals surface area (Å²) < 4.78 is 5.60. The molecule has 7 heteroatoms. The van der Waals surface area contributed by atoms with Crippen molar-refractivity contribution in [3.05, 3.63) is 35.4 Å². The van der Waals surface area contributed by atoms with Gasteiger partial charge in [-0.25, -0.2) is 0 Å². The van der Waals surface area contributed by atoms with E-state index < -0.39 is 0 Å². The molecule has 0 fully saturated rings. The number of rotatable bonds is 12. The number of benzene rings is 1. The van der Waals surface area contributed by atoms with E-state index in [0.717, 1.165) is 25.1 Å². The van der Waals surface area contributed by atoms with E-state index in [-0.39, 0.29) is 5.91 Å². The van der Waals surface area contributed by atoms with Crippen LogP contribution in [0.4, 0.5) is 0 Å². The van der Waals surface area contributed by atoms with Crippen LogP contribution in [0.25, 0.3) is 0 Å². The van der Waals surface area contributed by atoms with Gasteiger partial charge in [-0.3, -0.25) is 9.79 Å². The molecular formula is C21H37N5O2. The summed E-state index contributed by atoms with van der Waals surface area (Å²) in [5.41, 5.74) is 1.69. The van der Waals surface area contributed by atoms with Crippen molar-refractivity contribution in [1.82, 2.24) is 20.9 Å². The summed E-state index contributed by atoms with van der Waals surface area (Å²) in [5.74, 6) is 1.33. The third-order valence-electron chi connectivity index (χ3n) is 4.10. The Morgan fingerprint density at radius 3 is 2.61 bits per heavy atom. The minimum absolute atomic E-state index is 0.0512. The molecule has 0 aromatic heterocycles. The normalized spacial score (nSPS) is 11.8. The third-order valence-corrected chi connectivity index (χ3v) is 4.10. The first kappa shape index (κ1) is 23.9. The maximum absolute atomic E-state index is 12.2. The number of aliphatic imine (C=N–C) groups is 1. The van der Waals surface area contributed by atoms with Crippen LogP contribution in [0.15, 0.2) is 29.3 Å². The molecule has 0 heterocycles. The Labute approximate surface area is 169 Å². The summed E-state index contributed by atoms with van der Waals surface area (Å²) >= 11 is 0. The molecule has 0 atom stereocenters. The summed E-state index contributed by atoms with van der Waals surface area (Å²) in [5, 5.41) is 9.43. The molecule has 0 unspecified atom stereocenters. The second-order valence-corrected chi connectivity index (χ2v) is 7.41. The zero-order valence-corrected chi connectivity index (χ0v) is 18.0. The highest BCUT2D eigenvalue weighted by Crippen LogP contribution is 2.05. The minimum atomic E-state index is -0.0512. The molecule has 0 spiro atoms. The zero-order valence-electron chi connectivity index (χ0n) is 18.0. The van der Waals surface area contributed by atoms with Gasteiger partial charge >= 0.3 is 0 Å². The molecule has 1 amide bonds. The maximum Gasteiger partial charge on any atom is 0.251 e. The molecule has 158 valence electrons. The fraction of sp³-hybridized carbons (Fsp3) is 0.619. The molecule has 0 aliphatic heterocycles. The van der Waals surface area contributed by atoms with E-state index in [1.54, 1.807) is 7.05 Å². The number of hydrogen-bond acceptors (Lipinski definition) is 4. The van der Waals surface area contributed by atoms with Gasteiger partial charge in [0.05, 0.1) is 6.61 Å². The highest BCUT2D eigenvalue weighted by Gasteiger charge is 2.06. The Hall–Kier alpha value is -2.12. The van der Waals surface area contributed by atoms with Crippen molar-refractivity contribution in [3.63, 3.8) is 0 Å². The van der Waals surface area contributed by atoms with Gasteiger partial charge in [-0.15, -0.1) is 0 Å². The van der Waals surface area contributed by atoms with Gasteiger partial charge in [0.15, 0.2) is 5.96 Å². The van der Waals surface area contributed by atoms with Gasteiger partial charge in [0.1, 0.15) is 0 Å². The number of likely N-dealkylation sites (N-methyl/N-ethyl adjacent to an activating group) is 1. The average Bonchev–Trinajstić information content (AvgIpc) is 2.66. The van der Waals surface area contributed by atoms with Crippen molar-refractivity contribution < 1.29 is 9.53 Å². The van der Waals surface area contributed by atoms with Crippen LogP contribution in [0, 0.1) is 5.92 Å². The van der Waals surface area contributed by atoms with Crippen molar-refractivity contribution in [2.75, 3.05) is 54.0 Å². The molecule has 0 saturated carbocycles. The van der Waals surface area contributed by atoms with Gasteiger partial charge < -0.3 is 25.6 Å². The fourth-order valence-electron chi connectivity index (χ4n) is 2.39. The zero-order chi connectivity index (χ0) is 20.8. The first-order chi connectivity index (χ1) is 13.4. The Balaban J connectivity index is 2.37. The summed E-state index contributed by atoms with van der Waals surface area (Å²) in [4.78, 5) is 18.5. The van der Waals surface area contributed by atoms with E-state index in [2.05, 4.69) is 34.8 Å². The van der Waals surface area contributed by atoms with E-state index >= 15 is 0 Å². The number of carbonyl (C=O) groups is 1. The first-order valence-electron chi connectivity index (χ1n) is 9.96. The maximum atomic E-state index is 12.2. The van der Waals surface area contributed by atoms with Gasteiger partial charge in [0, 0.05) is 45.4 Å². The number of hydrogen-bond donors (Lipinski definition) is 3. The molecule has 3 N–H and O–H groups in total. The van der Waals surface area contributed by atoms with Gasteiger partial charge in [0.2, 0.25) is 0 Å². The molecule has 28 heavy (non-hydrogen) atoms. The fourth-order valence-corrected chi connectivity index (χ4v) is 2.39. The van der Waals surface area contributed by atoms with Crippen LogP contribution in [0.2, 0.25) is 0 Å². The number of nitrogens with one attached hydrogen (secondary N) is 3. The predicted octanol–water partition coefficient (Wildman–Crippen LogP) is 1.71. The number of amides is 1. The van der Waals surface area contributed by atoms with Crippen molar-refractivity contribution in [2.24, 2.45) is 10.9 Å². The lowest BCUT2D eigenvalue weighted by Gasteiger charge is -2.13. The molecule has 7 nitrogen and oxygen atoms in total. The molecule has 0 aliphatic carbocycles. The summed E-state index contributed by atoms with van der Waals surface area (Å²) in [6.07, 6.45) is 1.08. The highest BCUT2D eigenvalue weighted by atomic mass is 16.5. The summed E-state index contributed by atoms with van der Waals surface area (Å²) in [6, 6.07) is 7.62. The van der Waals surface area contributed by atoms with E-state index in [1.807, 2.05) is 43.3 Å². The lowest BCUT2D eigenvalue weighted by Crippen LogP contribution is -2.38. The molecule has 1 rings (SSSR count). The van der Waals surface area contributed by atoms with Gasteiger partial charge in [0.25, 0.3) is 5.91 Å². The van der Waals surface area contributed by atoms with Crippen LogP contribution in [0.5, 0.6) is 0 Å². The smallest absolute Gasteiger partial charge is 0.251 e. The number of carbonyl (C=O) groups excluding carboxylic acids is 1. The largest absolute Gasteiger partial charge is 0.380 e. The van der Waals surface area contributed by atoms with Crippen molar-refractivity contribution in [1.29, 1.82) is 0 Å². The van der Waals surface area contributed by atoms with Crippen LogP contribution in [0.1, 0.15) is 36.2 Å². The minimum Gasteiger partial charge on any atom is -0.380 e. The van der Waals surface area contributed by atoms with Gasteiger partial charge in [-0.2, -0.15) is 0 Å². The standard InChI is InChI=1S/C21H37N5O2/c1-17(2)9-13-28-14-11-24-21(22-3)25-16-18-7-6-8-19(15-18)20(27)23-10-12-26(4)5/h6-8,15,17H,9-14,16H2,1-5H3,(H,23,27)(H2,22,24,25). The Bertz CT molecular complexity index is 602. The predicted molar refractivity (Wildman–Crippen MR) is 116 cm³/mol. The van der Waals surface area contributed by atoms with E-state index in [1.165, 1.54) is 0 Å². The molecule has 1 aromatic carbocycles. The Kier molecular flexibility index (Phi) is 11.9. The Morgan fingerprint density at radius 1 is 1.14 bits per heavy atom. The highest BCUT2D eigenvalue weighted by molar-refractivity contribution is 5.94. The lowest BCUT2D eigenvalue weighted by molar-refractivity contribution is 0.0951. The van der Waals surface area contributed by atoms with E-state index in [0.29, 0.717) is 43.7 Å². The quantitative estimate of drug-likeness (QED) is 0.287. The SMILES string of the molecule is CN=C(NCCOCCC(C)C)NCc1cccc(C(=O)NCCN(C)C)c1. The number of guanidine groups is 1. The van der Waals surface area contributed by atoms with Crippen LogP contribution < -0.4 is 16.0 Å². The van der Waals surface area contributed by atoms with Crippen molar-refractivity contribution >= 4 is 11.9 Å². The van der Waals surface area contributed by atoms with Crippen LogP contribution in [-0.2, 0) is 11.3 Å². The number of nitrogens with zero attached hydrogens (tertiary/aromatic N) is 2. The van der Waals surface area contributed by atoms with Crippen molar-refractivity contribution in [3.8, 4) is 0 Å². The first-order valence-corrected chi connectivity index (χ1v) is 9.96. The monoisotopic (exact) mass is 391 g/mol. The summed E-state index contributed by atoms with van der Waals surface area (Å²) in [7, 11) is 5.71. The second-order valence-electron chi connectivity index (χ2n) is 7.41. The van der Waals surface area contributed by atoms with Crippen molar-refractivity contribution in [2.45, 2.75) is 26.8 Å². The van der Waals surface area contributed by atoms with Crippen LogP contribution in [0.3, 0.4) is 0 Å². The summed E-state index contributed by atoms with van der Waals surface area (Å²) in [6.45, 7) is 8.55. The second kappa shape index (κ2) is 14.0. The molecule has 0 saturated heterocycles. The lowest BCUT2D eigenvalue weighted by atomic mass is 10.1. The Morgan fingerprint density at radius 2 is 1.93 bits per heavy atom. The van der Waals surface area contributed by atoms with E-state index in [9.17, 15) is 4.79 Å². The molecule has 1 aromatic rings. The molecular weight excluding hydrogens is 354 g/mol. The third kappa shape index (κ3) is 10.9. The topological polar surface area (TPSA) is 78.0 Å². The number of ether oxygens (including phenoxy) is 1. The van der Waals surface area contributed by atoms with Crippen LogP contribution >= 0.6 is 0 Å². The molecule has 0 aliphatic rings.